The lowest BCUT2D eigenvalue weighted by atomic mass is 10.1. The number of amides is 2. The minimum atomic E-state index is -3.91. The van der Waals surface area contributed by atoms with Crippen molar-refractivity contribution in [2.75, 3.05) is 23.9 Å². The zero-order valence-electron chi connectivity index (χ0n) is 16.4. The maximum atomic E-state index is 12.8. The second-order valence-corrected chi connectivity index (χ2v) is 8.62. The lowest BCUT2D eigenvalue weighted by Crippen LogP contribution is -2.28. The summed E-state index contributed by atoms with van der Waals surface area (Å²) >= 11 is 0. The molecule has 29 heavy (non-hydrogen) atoms. The van der Waals surface area contributed by atoms with Crippen LogP contribution in [0.5, 0.6) is 5.75 Å². The summed E-state index contributed by atoms with van der Waals surface area (Å²) in [5.74, 6) is -0.455. The van der Waals surface area contributed by atoms with Crippen LogP contribution in [0.15, 0.2) is 41.3 Å². The fraction of sp³-hybridized carbons (Fsp3) is 0.300. The number of ether oxygens (including phenoxy) is 1. The maximum absolute atomic E-state index is 12.8. The molecule has 1 saturated heterocycles. The maximum Gasteiger partial charge on any atom is 0.238 e. The van der Waals surface area contributed by atoms with Gasteiger partial charge in [-0.2, -0.15) is 0 Å². The number of hydrogen-bond donors (Lipinski definition) is 2. The van der Waals surface area contributed by atoms with E-state index in [9.17, 15) is 18.0 Å². The summed E-state index contributed by atoms with van der Waals surface area (Å²) in [6.45, 7) is 3.74. The van der Waals surface area contributed by atoms with Gasteiger partial charge in [0.25, 0.3) is 0 Å². The molecule has 0 bridgehead atoms. The van der Waals surface area contributed by atoms with Gasteiger partial charge < -0.3 is 15.0 Å². The van der Waals surface area contributed by atoms with Gasteiger partial charge in [-0.1, -0.05) is 6.07 Å². The minimum absolute atomic E-state index is 0.0654. The van der Waals surface area contributed by atoms with E-state index in [2.05, 4.69) is 5.32 Å². The summed E-state index contributed by atoms with van der Waals surface area (Å²) in [5, 5.41) is 7.98. The van der Waals surface area contributed by atoms with Crippen molar-refractivity contribution in [1.29, 1.82) is 0 Å². The van der Waals surface area contributed by atoms with Crippen LogP contribution in [0.2, 0.25) is 0 Å². The number of hydrogen-bond acceptors (Lipinski definition) is 5. The summed E-state index contributed by atoms with van der Waals surface area (Å²) in [5.41, 5.74) is 2.45. The van der Waals surface area contributed by atoms with E-state index in [0.717, 1.165) is 5.56 Å². The van der Waals surface area contributed by atoms with Crippen LogP contribution in [-0.4, -0.2) is 33.9 Å². The Balaban J connectivity index is 1.80. The number of carbonyl (C=O) groups is 2. The normalized spacial score (nSPS) is 16.8. The molecule has 1 heterocycles. The van der Waals surface area contributed by atoms with E-state index in [4.69, 9.17) is 9.88 Å². The Bertz CT molecular complexity index is 1080. The van der Waals surface area contributed by atoms with Gasteiger partial charge in [0.15, 0.2) is 0 Å². The third-order valence-electron chi connectivity index (χ3n) is 5.09. The summed E-state index contributed by atoms with van der Waals surface area (Å²) in [4.78, 5) is 26.7. The first-order valence-corrected chi connectivity index (χ1v) is 10.5. The van der Waals surface area contributed by atoms with Crippen molar-refractivity contribution < 1.29 is 22.7 Å². The molecule has 1 fully saturated rings. The van der Waals surface area contributed by atoms with Crippen molar-refractivity contribution in [2.45, 2.75) is 25.2 Å². The molecule has 1 atom stereocenters. The number of nitrogens with two attached hydrogens (primary N) is 1. The number of primary sulfonamides is 1. The second kappa shape index (κ2) is 7.84. The van der Waals surface area contributed by atoms with Crippen LogP contribution in [0.1, 0.15) is 17.5 Å². The Hall–Kier alpha value is -2.91. The Kier molecular flexibility index (Phi) is 5.63. The molecule has 0 aromatic heterocycles. The number of methoxy groups -OCH3 is 1. The first-order chi connectivity index (χ1) is 13.6. The molecule has 9 heteroatoms. The van der Waals surface area contributed by atoms with Crippen LogP contribution in [0, 0.1) is 19.8 Å². The number of anilines is 2. The molecular weight excluding hydrogens is 394 g/mol. The number of rotatable bonds is 5. The fourth-order valence-corrected chi connectivity index (χ4v) is 3.89. The predicted octanol–water partition coefficient (Wildman–Crippen LogP) is 1.95. The highest BCUT2D eigenvalue weighted by atomic mass is 32.2. The Morgan fingerprint density at radius 1 is 1.24 bits per heavy atom. The first kappa shape index (κ1) is 20.8. The summed E-state index contributed by atoms with van der Waals surface area (Å²) in [7, 11) is -2.36. The molecule has 1 unspecified atom stereocenters. The molecule has 0 saturated carbocycles. The molecule has 3 rings (SSSR count). The SMILES string of the molecule is COc1cccc(N2CC(C(=O)Nc3cc(S(N)(=O)=O)cc(C)c3C)CC2=O)c1. The van der Waals surface area contributed by atoms with Crippen molar-refractivity contribution >= 4 is 33.2 Å². The van der Waals surface area contributed by atoms with Gasteiger partial charge in [0.1, 0.15) is 5.75 Å². The molecule has 2 amide bonds. The van der Waals surface area contributed by atoms with Crippen molar-refractivity contribution in [3.8, 4) is 5.75 Å². The van der Waals surface area contributed by atoms with Gasteiger partial charge in [-0.3, -0.25) is 9.59 Å². The quantitative estimate of drug-likeness (QED) is 0.771. The van der Waals surface area contributed by atoms with E-state index in [1.54, 1.807) is 50.1 Å². The van der Waals surface area contributed by atoms with E-state index < -0.39 is 15.9 Å². The summed E-state index contributed by atoms with van der Waals surface area (Å²) in [6.07, 6.45) is 0.0654. The molecular formula is C20H23N3O5S. The minimum Gasteiger partial charge on any atom is -0.497 e. The van der Waals surface area contributed by atoms with Crippen molar-refractivity contribution in [3.05, 3.63) is 47.5 Å². The lowest BCUT2D eigenvalue weighted by molar-refractivity contribution is -0.122. The van der Waals surface area contributed by atoms with Gasteiger partial charge in [-0.05, 0) is 49.2 Å². The Labute approximate surface area is 169 Å². The average Bonchev–Trinajstić information content (AvgIpc) is 3.06. The van der Waals surface area contributed by atoms with Crippen LogP contribution in [0.3, 0.4) is 0 Å². The van der Waals surface area contributed by atoms with Crippen LogP contribution >= 0.6 is 0 Å². The number of benzene rings is 2. The van der Waals surface area contributed by atoms with Gasteiger partial charge in [-0.25, -0.2) is 13.6 Å². The molecule has 1 aliphatic heterocycles. The van der Waals surface area contributed by atoms with Crippen molar-refractivity contribution in [1.82, 2.24) is 0 Å². The van der Waals surface area contributed by atoms with E-state index in [-0.39, 0.29) is 29.7 Å². The number of nitrogens with one attached hydrogen (secondary N) is 1. The topological polar surface area (TPSA) is 119 Å². The van der Waals surface area contributed by atoms with E-state index in [1.807, 2.05) is 0 Å². The summed E-state index contributed by atoms with van der Waals surface area (Å²) < 4.78 is 28.6. The highest BCUT2D eigenvalue weighted by Gasteiger charge is 2.35. The van der Waals surface area contributed by atoms with Crippen LogP contribution in [0.4, 0.5) is 11.4 Å². The smallest absolute Gasteiger partial charge is 0.238 e. The third kappa shape index (κ3) is 4.41. The van der Waals surface area contributed by atoms with Gasteiger partial charge in [0.05, 0.1) is 17.9 Å². The van der Waals surface area contributed by atoms with Crippen LogP contribution in [-0.2, 0) is 19.6 Å². The van der Waals surface area contributed by atoms with Crippen molar-refractivity contribution in [3.63, 3.8) is 0 Å². The Morgan fingerprint density at radius 2 is 1.97 bits per heavy atom. The third-order valence-corrected chi connectivity index (χ3v) is 5.98. The van der Waals surface area contributed by atoms with Gasteiger partial charge in [0.2, 0.25) is 21.8 Å². The molecule has 3 N–H and O–H groups in total. The molecule has 0 spiro atoms. The van der Waals surface area contributed by atoms with Gasteiger partial charge in [0, 0.05) is 30.4 Å². The largest absolute Gasteiger partial charge is 0.497 e. The van der Waals surface area contributed by atoms with E-state index in [0.29, 0.717) is 22.7 Å². The van der Waals surface area contributed by atoms with E-state index in [1.165, 1.54) is 12.1 Å². The second-order valence-electron chi connectivity index (χ2n) is 7.05. The number of nitrogens with zero attached hydrogens (tertiary/aromatic N) is 1. The highest BCUT2D eigenvalue weighted by Crippen LogP contribution is 2.30. The average molecular weight is 417 g/mol. The van der Waals surface area contributed by atoms with E-state index >= 15 is 0 Å². The van der Waals surface area contributed by atoms with Crippen LogP contribution in [0.25, 0.3) is 0 Å². The highest BCUT2D eigenvalue weighted by molar-refractivity contribution is 7.89. The number of carbonyl (C=O) groups excluding carboxylic acids is 2. The zero-order valence-corrected chi connectivity index (χ0v) is 17.2. The van der Waals surface area contributed by atoms with Gasteiger partial charge >= 0.3 is 0 Å². The molecule has 8 nitrogen and oxygen atoms in total. The first-order valence-electron chi connectivity index (χ1n) is 8.99. The zero-order chi connectivity index (χ0) is 21.3. The monoisotopic (exact) mass is 417 g/mol. The molecule has 1 aliphatic rings. The van der Waals surface area contributed by atoms with Gasteiger partial charge in [-0.15, -0.1) is 0 Å². The number of sulfonamides is 1. The molecule has 154 valence electrons. The molecule has 0 aliphatic carbocycles. The fourth-order valence-electron chi connectivity index (χ4n) is 3.27. The van der Waals surface area contributed by atoms with Crippen molar-refractivity contribution in [2.24, 2.45) is 11.1 Å². The molecule has 0 radical (unpaired) electrons. The Morgan fingerprint density at radius 3 is 2.62 bits per heavy atom. The number of aryl methyl sites for hydroxylation is 1. The van der Waals surface area contributed by atoms with Crippen LogP contribution < -0.4 is 20.1 Å². The summed E-state index contributed by atoms with van der Waals surface area (Å²) in [6, 6.07) is 9.87. The molecule has 2 aromatic carbocycles. The standard InChI is InChI=1S/C20H23N3O5S/c1-12-7-17(29(21,26)27)10-18(13(12)2)22-20(25)14-8-19(24)23(11-14)15-5-4-6-16(9-15)28-3/h4-7,9-10,14H,8,11H2,1-3H3,(H,22,25)(H2,21,26,27). The lowest BCUT2D eigenvalue weighted by Gasteiger charge is -2.18. The molecule has 2 aromatic rings. The predicted molar refractivity (Wildman–Crippen MR) is 109 cm³/mol.